The summed E-state index contributed by atoms with van der Waals surface area (Å²) in [7, 11) is 0. The largest absolute Gasteiger partial charge is 0.382 e. The number of nitrogens with zero attached hydrogens (tertiary/aromatic N) is 3. The van der Waals surface area contributed by atoms with Gasteiger partial charge in [0.25, 0.3) is 5.91 Å². The Morgan fingerprint density at radius 2 is 1.94 bits per heavy atom. The van der Waals surface area contributed by atoms with Gasteiger partial charge in [0.15, 0.2) is 0 Å². The third-order valence-electron chi connectivity index (χ3n) is 3.19. The minimum atomic E-state index is -0.0723. The Balaban J connectivity index is 2.75. The highest BCUT2D eigenvalue weighted by Gasteiger charge is 2.18. The number of hydrogen-bond acceptors (Lipinski definition) is 4. The van der Waals surface area contributed by atoms with E-state index in [0.717, 1.165) is 19.4 Å². The minimum Gasteiger partial charge on any atom is -0.382 e. The topological polar surface area (TPSA) is 72.1 Å². The average Bonchev–Trinajstić information content (AvgIpc) is 2.40. The van der Waals surface area contributed by atoms with Gasteiger partial charge >= 0.3 is 0 Å². The van der Waals surface area contributed by atoms with E-state index >= 15 is 0 Å². The zero-order valence-electron chi connectivity index (χ0n) is 11.4. The summed E-state index contributed by atoms with van der Waals surface area (Å²) in [4.78, 5) is 22.0. The highest BCUT2D eigenvalue weighted by molar-refractivity contribution is 5.92. The normalized spacial score (nSPS) is 10.7. The summed E-state index contributed by atoms with van der Waals surface area (Å²) < 4.78 is 0. The first-order valence-corrected chi connectivity index (χ1v) is 6.49. The van der Waals surface area contributed by atoms with E-state index < -0.39 is 0 Å². The Hall–Kier alpha value is -1.65. The monoisotopic (exact) mass is 250 g/mol. The van der Waals surface area contributed by atoms with Crippen LogP contribution >= 0.6 is 0 Å². The van der Waals surface area contributed by atoms with Gasteiger partial charge in [0.05, 0.1) is 12.4 Å². The van der Waals surface area contributed by atoms with E-state index in [1.54, 1.807) is 0 Å². The zero-order valence-corrected chi connectivity index (χ0v) is 11.4. The van der Waals surface area contributed by atoms with Crippen LogP contribution in [-0.2, 0) is 0 Å². The summed E-state index contributed by atoms with van der Waals surface area (Å²) in [6, 6.07) is 0. The number of carbonyl (C=O) groups excluding carboxylic acids is 1. The van der Waals surface area contributed by atoms with Crippen LogP contribution in [0.3, 0.4) is 0 Å². The second-order valence-corrected chi connectivity index (χ2v) is 4.35. The number of amides is 1. The molecule has 1 amide bonds. The van der Waals surface area contributed by atoms with Crippen LogP contribution in [0.25, 0.3) is 0 Å². The van der Waals surface area contributed by atoms with Gasteiger partial charge in [0, 0.05) is 13.1 Å². The molecule has 0 bridgehead atoms. The highest BCUT2D eigenvalue weighted by Crippen LogP contribution is 2.12. The molecule has 2 N–H and O–H groups in total. The van der Waals surface area contributed by atoms with Crippen LogP contribution in [0.15, 0.2) is 12.4 Å². The molecule has 0 aliphatic rings. The van der Waals surface area contributed by atoms with Crippen molar-refractivity contribution in [2.75, 3.05) is 18.8 Å². The maximum Gasteiger partial charge on any atom is 0.274 e. The summed E-state index contributed by atoms with van der Waals surface area (Å²) in [5.41, 5.74) is 5.82. The van der Waals surface area contributed by atoms with Crippen molar-refractivity contribution in [1.29, 1.82) is 0 Å². The number of anilines is 1. The fraction of sp³-hybridized carbons (Fsp3) is 0.615. The van der Waals surface area contributed by atoms with Crippen molar-refractivity contribution in [3.05, 3.63) is 18.1 Å². The smallest absolute Gasteiger partial charge is 0.274 e. The van der Waals surface area contributed by atoms with Crippen molar-refractivity contribution in [1.82, 2.24) is 14.9 Å². The summed E-state index contributed by atoms with van der Waals surface area (Å²) in [5.74, 6) is 0.794. The van der Waals surface area contributed by atoms with Crippen LogP contribution in [0.4, 0.5) is 5.82 Å². The second-order valence-electron chi connectivity index (χ2n) is 4.35. The molecular formula is C13H22N4O. The molecule has 1 heterocycles. The number of hydrogen-bond donors (Lipinski definition) is 1. The molecule has 5 heteroatoms. The molecule has 5 nitrogen and oxygen atoms in total. The summed E-state index contributed by atoms with van der Waals surface area (Å²) in [5, 5.41) is 0. The fourth-order valence-electron chi connectivity index (χ4n) is 1.82. The molecule has 100 valence electrons. The third-order valence-corrected chi connectivity index (χ3v) is 3.19. The van der Waals surface area contributed by atoms with Gasteiger partial charge in [0.2, 0.25) is 0 Å². The summed E-state index contributed by atoms with van der Waals surface area (Å²) >= 11 is 0. The Kier molecular flexibility index (Phi) is 5.55. The van der Waals surface area contributed by atoms with E-state index in [9.17, 15) is 4.79 Å². The molecule has 1 aromatic rings. The Labute approximate surface area is 108 Å². The first-order chi connectivity index (χ1) is 8.62. The van der Waals surface area contributed by atoms with E-state index in [0.29, 0.717) is 24.0 Å². The molecule has 0 saturated carbocycles. The van der Waals surface area contributed by atoms with E-state index in [1.165, 1.54) is 12.4 Å². The van der Waals surface area contributed by atoms with Crippen molar-refractivity contribution in [3.8, 4) is 0 Å². The molecule has 0 fully saturated rings. The van der Waals surface area contributed by atoms with E-state index in [-0.39, 0.29) is 5.91 Å². The maximum atomic E-state index is 12.2. The van der Waals surface area contributed by atoms with Gasteiger partial charge in [-0.3, -0.25) is 4.79 Å². The van der Waals surface area contributed by atoms with Crippen LogP contribution < -0.4 is 5.73 Å². The van der Waals surface area contributed by atoms with Gasteiger partial charge in [-0.15, -0.1) is 0 Å². The van der Waals surface area contributed by atoms with Crippen LogP contribution in [0, 0.1) is 5.92 Å². The predicted octanol–water partition coefficient (Wildman–Crippen LogP) is 1.96. The van der Waals surface area contributed by atoms with Crippen molar-refractivity contribution >= 4 is 11.7 Å². The molecule has 0 saturated heterocycles. The lowest BCUT2D eigenvalue weighted by molar-refractivity contribution is 0.0728. The molecule has 0 atom stereocenters. The lowest BCUT2D eigenvalue weighted by Gasteiger charge is -2.25. The summed E-state index contributed by atoms with van der Waals surface area (Å²) in [6.07, 6.45) is 5.01. The molecule has 0 radical (unpaired) electrons. The first-order valence-electron chi connectivity index (χ1n) is 6.49. The lowest BCUT2D eigenvalue weighted by Crippen LogP contribution is -2.35. The maximum absolute atomic E-state index is 12.2. The molecule has 0 aliphatic heterocycles. The molecule has 0 aliphatic carbocycles. The fourth-order valence-corrected chi connectivity index (χ4v) is 1.82. The van der Waals surface area contributed by atoms with Gasteiger partial charge in [-0.25, -0.2) is 9.97 Å². The highest BCUT2D eigenvalue weighted by atomic mass is 16.2. The van der Waals surface area contributed by atoms with Gasteiger partial charge < -0.3 is 10.6 Å². The Bertz CT molecular complexity index is 373. The van der Waals surface area contributed by atoms with Crippen molar-refractivity contribution < 1.29 is 4.79 Å². The predicted molar refractivity (Wildman–Crippen MR) is 72.1 cm³/mol. The number of nitrogen functional groups attached to an aromatic ring is 1. The second kappa shape index (κ2) is 6.93. The Morgan fingerprint density at radius 3 is 2.39 bits per heavy atom. The van der Waals surface area contributed by atoms with Gasteiger partial charge in [0.1, 0.15) is 11.5 Å². The number of rotatable bonds is 6. The third kappa shape index (κ3) is 3.68. The van der Waals surface area contributed by atoms with Crippen LogP contribution in [0.1, 0.15) is 44.1 Å². The van der Waals surface area contributed by atoms with Crippen molar-refractivity contribution in [2.24, 2.45) is 5.92 Å². The number of carbonyl (C=O) groups is 1. The molecular weight excluding hydrogens is 228 g/mol. The lowest BCUT2D eigenvalue weighted by atomic mass is 10.0. The van der Waals surface area contributed by atoms with Crippen molar-refractivity contribution in [3.63, 3.8) is 0 Å². The zero-order chi connectivity index (χ0) is 13.5. The SMILES string of the molecule is CCC(CC)CN(CC)C(=O)c1cnc(N)cn1. The Morgan fingerprint density at radius 1 is 1.28 bits per heavy atom. The van der Waals surface area contributed by atoms with Crippen molar-refractivity contribution in [2.45, 2.75) is 33.6 Å². The van der Waals surface area contributed by atoms with E-state index in [4.69, 9.17) is 5.73 Å². The van der Waals surface area contributed by atoms with Crippen LogP contribution in [-0.4, -0.2) is 33.9 Å². The average molecular weight is 250 g/mol. The van der Waals surface area contributed by atoms with Gasteiger partial charge in [-0.05, 0) is 12.8 Å². The molecule has 0 unspecified atom stereocenters. The molecule has 1 rings (SSSR count). The van der Waals surface area contributed by atoms with E-state index in [1.807, 2.05) is 11.8 Å². The van der Waals surface area contributed by atoms with Gasteiger partial charge in [-0.2, -0.15) is 0 Å². The quantitative estimate of drug-likeness (QED) is 0.837. The molecule has 0 aromatic carbocycles. The minimum absolute atomic E-state index is 0.0723. The van der Waals surface area contributed by atoms with Gasteiger partial charge in [-0.1, -0.05) is 26.7 Å². The molecule has 1 aromatic heterocycles. The number of aromatic nitrogens is 2. The number of nitrogens with two attached hydrogens (primary N) is 1. The first kappa shape index (κ1) is 14.4. The standard InChI is InChI=1S/C13H22N4O/c1-4-10(5-2)9-17(6-3)13(18)11-7-16-12(14)8-15-11/h7-8,10H,4-6,9H2,1-3H3,(H2,14,16). The van der Waals surface area contributed by atoms with E-state index in [2.05, 4.69) is 23.8 Å². The van der Waals surface area contributed by atoms with Crippen LogP contribution in [0.2, 0.25) is 0 Å². The molecule has 0 spiro atoms. The summed E-state index contributed by atoms with van der Waals surface area (Å²) in [6.45, 7) is 7.73. The molecule has 18 heavy (non-hydrogen) atoms. The van der Waals surface area contributed by atoms with Crippen LogP contribution in [0.5, 0.6) is 0 Å².